The summed E-state index contributed by atoms with van der Waals surface area (Å²) in [6.07, 6.45) is 0.547. The zero-order valence-electron chi connectivity index (χ0n) is 17.6. The van der Waals surface area contributed by atoms with Crippen molar-refractivity contribution in [2.45, 2.75) is 39.8 Å². The molecule has 1 N–H and O–H groups in total. The van der Waals surface area contributed by atoms with Gasteiger partial charge in [-0.15, -0.1) is 0 Å². The van der Waals surface area contributed by atoms with E-state index in [1.165, 1.54) is 0 Å². The van der Waals surface area contributed by atoms with Gasteiger partial charge in [-0.25, -0.2) is 4.79 Å². The van der Waals surface area contributed by atoms with Gasteiger partial charge in [0.1, 0.15) is 11.3 Å². The van der Waals surface area contributed by atoms with Gasteiger partial charge < -0.3 is 19.2 Å². The van der Waals surface area contributed by atoms with Crippen molar-refractivity contribution >= 4 is 16.9 Å². The van der Waals surface area contributed by atoms with Crippen molar-refractivity contribution in [2.24, 2.45) is 0 Å². The van der Waals surface area contributed by atoms with E-state index in [0.29, 0.717) is 43.1 Å². The monoisotopic (exact) mass is 409 g/mol. The van der Waals surface area contributed by atoms with Crippen LogP contribution in [0.1, 0.15) is 35.6 Å². The van der Waals surface area contributed by atoms with Crippen molar-refractivity contribution < 1.29 is 18.7 Å². The smallest absolute Gasteiger partial charge is 0.339 e. The zero-order valence-corrected chi connectivity index (χ0v) is 17.6. The number of fused-ring (bicyclic) bond motifs is 1. The van der Waals surface area contributed by atoms with Gasteiger partial charge in [-0.2, -0.15) is 0 Å². The molecule has 0 aliphatic heterocycles. The topological polar surface area (TPSA) is 77.8 Å². The number of amides is 1. The van der Waals surface area contributed by atoms with E-state index in [9.17, 15) is 9.59 Å². The molecular weight excluding hydrogens is 382 g/mol. The molecule has 158 valence electrons. The van der Waals surface area contributed by atoms with Crippen molar-refractivity contribution in [1.29, 1.82) is 0 Å². The van der Waals surface area contributed by atoms with Crippen LogP contribution in [0.2, 0.25) is 0 Å². The highest BCUT2D eigenvalue weighted by Crippen LogP contribution is 2.24. The van der Waals surface area contributed by atoms with Crippen LogP contribution in [0.5, 0.6) is 5.75 Å². The molecule has 6 heteroatoms. The molecule has 0 aliphatic carbocycles. The van der Waals surface area contributed by atoms with Crippen LogP contribution in [0.4, 0.5) is 0 Å². The van der Waals surface area contributed by atoms with E-state index in [-0.39, 0.29) is 12.3 Å². The molecule has 0 aliphatic rings. The predicted molar refractivity (Wildman–Crippen MR) is 116 cm³/mol. The van der Waals surface area contributed by atoms with Gasteiger partial charge in [-0.05, 0) is 49.1 Å². The van der Waals surface area contributed by atoms with Crippen LogP contribution in [0, 0.1) is 6.92 Å². The van der Waals surface area contributed by atoms with Crippen LogP contribution in [0.15, 0.2) is 51.7 Å². The van der Waals surface area contributed by atoms with Gasteiger partial charge in [-0.1, -0.05) is 24.3 Å². The van der Waals surface area contributed by atoms with Crippen molar-refractivity contribution in [3.8, 4) is 5.75 Å². The molecule has 0 saturated carbocycles. The Morgan fingerprint density at radius 2 is 1.83 bits per heavy atom. The fourth-order valence-corrected chi connectivity index (χ4v) is 3.29. The SMILES string of the molecule is CCOCc1ccc(CNC(=O)CCc2c(C)c3ccc(OC)cc3oc2=O)cc1. The summed E-state index contributed by atoms with van der Waals surface area (Å²) in [4.78, 5) is 24.7. The average Bonchev–Trinajstić information content (AvgIpc) is 2.76. The summed E-state index contributed by atoms with van der Waals surface area (Å²) >= 11 is 0. The van der Waals surface area contributed by atoms with Gasteiger partial charge in [0.15, 0.2) is 0 Å². The molecule has 0 saturated heterocycles. The minimum Gasteiger partial charge on any atom is -0.497 e. The second-order valence-corrected chi connectivity index (χ2v) is 7.09. The molecular formula is C24H27NO5. The van der Waals surface area contributed by atoms with Gasteiger partial charge in [0.2, 0.25) is 5.91 Å². The van der Waals surface area contributed by atoms with Crippen molar-refractivity contribution in [1.82, 2.24) is 5.32 Å². The van der Waals surface area contributed by atoms with Gasteiger partial charge in [0.05, 0.1) is 13.7 Å². The maximum absolute atomic E-state index is 12.4. The van der Waals surface area contributed by atoms with Crippen molar-refractivity contribution in [2.75, 3.05) is 13.7 Å². The fourth-order valence-electron chi connectivity index (χ4n) is 3.29. The Labute approximate surface area is 175 Å². The van der Waals surface area contributed by atoms with Crippen LogP contribution in [0.25, 0.3) is 11.0 Å². The Morgan fingerprint density at radius 3 is 2.53 bits per heavy atom. The number of rotatable bonds is 9. The second kappa shape index (κ2) is 10.1. The molecule has 30 heavy (non-hydrogen) atoms. The first kappa shape index (κ1) is 21.6. The number of carbonyl (C=O) groups is 1. The van der Waals surface area contributed by atoms with Gasteiger partial charge >= 0.3 is 5.63 Å². The third-order valence-electron chi connectivity index (χ3n) is 5.08. The summed E-state index contributed by atoms with van der Waals surface area (Å²) in [5.41, 5.74) is 3.55. The van der Waals surface area contributed by atoms with E-state index in [1.807, 2.05) is 50.2 Å². The number of aryl methyl sites for hydroxylation is 1. The van der Waals surface area contributed by atoms with E-state index in [1.54, 1.807) is 13.2 Å². The average molecular weight is 409 g/mol. The minimum atomic E-state index is -0.411. The number of hydrogen-bond donors (Lipinski definition) is 1. The third-order valence-corrected chi connectivity index (χ3v) is 5.08. The van der Waals surface area contributed by atoms with E-state index in [0.717, 1.165) is 22.1 Å². The van der Waals surface area contributed by atoms with Crippen LogP contribution in [0.3, 0.4) is 0 Å². The van der Waals surface area contributed by atoms with Crippen molar-refractivity contribution in [3.63, 3.8) is 0 Å². The standard InChI is InChI=1S/C24H27NO5/c1-4-29-15-18-7-5-17(6-8-18)14-25-23(26)12-11-21-16(2)20-10-9-19(28-3)13-22(20)30-24(21)27/h5-10,13H,4,11-12,14-15H2,1-3H3,(H,25,26). The predicted octanol–water partition coefficient (Wildman–Crippen LogP) is 3.90. The largest absolute Gasteiger partial charge is 0.497 e. The minimum absolute atomic E-state index is 0.109. The van der Waals surface area contributed by atoms with Gasteiger partial charge in [-0.3, -0.25) is 4.79 Å². The molecule has 6 nitrogen and oxygen atoms in total. The highest BCUT2D eigenvalue weighted by Gasteiger charge is 2.13. The number of hydrogen-bond acceptors (Lipinski definition) is 5. The molecule has 1 heterocycles. The Morgan fingerprint density at radius 1 is 1.10 bits per heavy atom. The molecule has 3 rings (SSSR count). The molecule has 0 spiro atoms. The number of methoxy groups -OCH3 is 1. The molecule has 0 fully saturated rings. The van der Waals surface area contributed by atoms with Gasteiger partial charge in [0.25, 0.3) is 0 Å². The maximum atomic E-state index is 12.4. The van der Waals surface area contributed by atoms with Crippen LogP contribution >= 0.6 is 0 Å². The van der Waals surface area contributed by atoms with E-state index in [2.05, 4.69) is 5.32 Å². The number of nitrogens with one attached hydrogen (secondary N) is 1. The summed E-state index contributed by atoms with van der Waals surface area (Å²) in [6.45, 7) is 5.55. The quantitative estimate of drug-likeness (QED) is 0.543. The molecule has 1 amide bonds. The lowest BCUT2D eigenvalue weighted by molar-refractivity contribution is -0.121. The first-order valence-corrected chi connectivity index (χ1v) is 10.0. The van der Waals surface area contributed by atoms with Crippen LogP contribution < -0.4 is 15.7 Å². The molecule has 0 bridgehead atoms. The molecule has 2 aromatic carbocycles. The van der Waals surface area contributed by atoms with Gasteiger partial charge in [0, 0.05) is 36.6 Å². The summed E-state index contributed by atoms with van der Waals surface area (Å²) in [5, 5.41) is 3.75. The Hall–Kier alpha value is -3.12. The highest BCUT2D eigenvalue weighted by atomic mass is 16.5. The Bertz CT molecular complexity index is 1070. The molecule has 0 unspecified atom stereocenters. The normalized spacial score (nSPS) is 10.9. The fraction of sp³-hybridized carbons (Fsp3) is 0.333. The Kier molecular flexibility index (Phi) is 7.25. The summed E-state index contributed by atoms with van der Waals surface area (Å²) < 4.78 is 16.0. The third kappa shape index (κ3) is 5.27. The summed E-state index contributed by atoms with van der Waals surface area (Å²) in [5.74, 6) is 0.519. The maximum Gasteiger partial charge on any atom is 0.339 e. The lowest BCUT2D eigenvalue weighted by Gasteiger charge is -2.10. The van der Waals surface area contributed by atoms with E-state index >= 15 is 0 Å². The molecule has 0 atom stereocenters. The molecule has 3 aromatic rings. The van der Waals surface area contributed by atoms with Crippen LogP contribution in [-0.2, 0) is 29.1 Å². The van der Waals surface area contributed by atoms with E-state index in [4.69, 9.17) is 13.9 Å². The second-order valence-electron chi connectivity index (χ2n) is 7.09. The van der Waals surface area contributed by atoms with Crippen LogP contribution in [-0.4, -0.2) is 19.6 Å². The molecule has 0 radical (unpaired) electrons. The Balaban J connectivity index is 1.59. The summed E-state index contributed by atoms with van der Waals surface area (Å²) in [6, 6.07) is 13.3. The first-order valence-electron chi connectivity index (χ1n) is 10.0. The summed E-state index contributed by atoms with van der Waals surface area (Å²) in [7, 11) is 1.56. The molecule has 1 aromatic heterocycles. The lowest BCUT2D eigenvalue weighted by Crippen LogP contribution is -2.24. The number of ether oxygens (including phenoxy) is 2. The van der Waals surface area contributed by atoms with Crippen molar-refractivity contribution in [3.05, 3.63) is 75.1 Å². The highest BCUT2D eigenvalue weighted by molar-refractivity contribution is 5.82. The lowest BCUT2D eigenvalue weighted by atomic mass is 10.0. The number of carbonyl (C=O) groups excluding carboxylic acids is 1. The zero-order chi connectivity index (χ0) is 21.5. The first-order chi connectivity index (χ1) is 14.5. The number of benzene rings is 2. The van der Waals surface area contributed by atoms with E-state index < -0.39 is 5.63 Å².